The summed E-state index contributed by atoms with van der Waals surface area (Å²) in [5.74, 6) is 0. The summed E-state index contributed by atoms with van der Waals surface area (Å²) in [5.41, 5.74) is 5.20. The maximum absolute atomic E-state index is 11.8. The molecular weight excluding hydrogens is 262 g/mol. The number of carbonyl (C=O) groups excluding carboxylic acids is 1. The Morgan fingerprint density at radius 3 is 2.95 bits per heavy atom. The van der Waals surface area contributed by atoms with Crippen LogP contribution in [0.5, 0.6) is 0 Å². The predicted molar refractivity (Wildman–Crippen MR) is 85.7 cm³/mol. The van der Waals surface area contributed by atoms with Gasteiger partial charge in [-0.2, -0.15) is 0 Å². The molecule has 1 aliphatic carbocycles. The molecule has 0 bridgehead atoms. The Kier molecular flexibility index (Phi) is 3.62. The smallest absolute Gasteiger partial charge is 0.315 e. The van der Waals surface area contributed by atoms with Crippen LogP contribution in [0.25, 0.3) is 10.9 Å². The van der Waals surface area contributed by atoms with Crippen LogP contribution in [0.15, 0.2) is 18.2 Å². The zero-order valence-corrected chi connectivity index (χ0v) is 12.9. The van der Waals surface area contributed by atoms with E-state index in [4.69, 9.17) is 0 Å². The van der Waals surface area contributed by atoms with Gasteiger partial charge in [-0.1, -0.05) is 11.6 Å². The molecule has 112 valence electrons. The number of hydrogen-bond acceptors (Lipinski definition) is 1. The Morgan fingerprint density at radius 2 is 2.19 bits per heavy atom. The van der Waals surface area contributed by atoms with E-state index in [-0.39, 0.29) is 18.1 Å². The molecule has 1 aromatic heterocycles. The van der Waals surface area contributed by atoms with Gasteiger partial charge in [0.2, 0.25) is 0 Å². The molecule has 1 atom stereocenters. The van der Waals surface area contributed by atoms with Gasteiger partial charge in [-0.3, -0.25) is 0 Å². The summed E-state index contributed by atoms with van der Waals surface area (Å²) in [6.07, 6.45) is 2.90. The van der Waals surface area contributed by atoms with Gasteiger partial charge in [-0.05, 0) is 51.3 Å². The molecule has 0 fully saturated rings. The van der Waals surface area contributed by atoms with Crippen LogP contribution in [0.3, 0.4) is 0 Å². The summed E-state index contributed by atoms with van der Waals surface area (Å²) in [6, 6.07) is 6.85. The van der Waals surface area contributed by atoms with Crippen LogP contribution in [0.4, 0.5) is 4.79 Å². The van der Waals surface area contributed by atoms with Gasteiger partial charge >= 0.3 is 6.03 Å². The molecule has 0 aliphatic heterocycles. The number of benzene rings is 1. The number of fused-ring (bicyclic) bond motifs is 3. The van der Waals surface area contributed by atoms with Crippen LogP contribution in [0, 0.1) is 6.92 Å². The van der Waals surface area contributed by atoms with Gasteiger partial charge in [0.1, 0.15) is 0 Å². The lowest BCUT2D eigenvalue weighted by atomic mass is 9.91. The lowest BCUT2D eigenvalue weighted by Gasteiger charge is -2.24. The highest BCUT2D eigenvalue weighted by atomic mass is 16.2. The molecule has 1 unspecified atom stereocenters. The molecule has 1 aromatic carbocycles. The number of urea groups is 1. The summed E-state index contributed by atoms with van der Waals surface area (Å²) in [4.78, 5) is 15.3. The second-order valence-corrected chi connectivity index (χ2v) is 6.34. The third-order valence-electron chi connectivity index (χ3n) is 4.10. The molecule has 2 amide bonds. The molecule has 3 N–H and O–H groups in total. The van der Waals surface area contributed by atoms with Gasteiger partial charge in [-0.25, -0.2) is 4.79 Å². The Morgan fingerprint density at radius 1 is 1.38 bits per heavy atom. The second kappa shape index (κ2) is 5.43. The molecule has 4 nitrogen and oxygen atoms in total. The molecule has 1 heterocycles. The normalized spacial score (nSPS) is 17.8. The summed E-state index contributed by atoms with van der Waals surface area (Å²) >= 11 is 0. The number of H-pyrrole nitrogens is 1. The van der Waals surface area contributed by atoms with Crippen molar-refractivity contribution >= 4 is 16.9 Å². The van der Waals surface area contributed by atoms with Crippen LogP contribution >= 0.6 is 0 Å². The first-order valence-electron chi connectivity index (χ1n) is 7.70. The van der Waals surface area contributed by atoms with Crippen molar-refractivity contribution in [3.63, 3.8) is 0 Å². The van der Waals surface area contributed by atoms with Gasteiger partial charge < -0.3 is 15.6 Å². The zero-order chi connectivity index (χ0) is 15.0. The van der Waals surface area contributed by atoms with Crippen molar-refractivity contribution < 1.29 is 4.79 Å². The predicted octanol–water partition coefficient (Wildman–Crippen LogP) is 3.04. The third kappa shape index (κ3) is 2.89. The lowest BCUT2D eigenvalue weighted by molar-refractivity contribution is 0.233. The quantitative estimate of drug-likeness (QED) is 0.780. The SMILES string of the molecule is Cc1ccc2[nH]c3c(c2c1)CCC(NC(=O)NC(C)C)C3. The number of aromatic amines is 1. The molecule has 0 saturated heterocycles. The standard InChI is InChI=1S/C17H23N3O/c1-10(2)18-17(21)19-12-5-6-13-14-8-11(3)4-7-15(14)20-16(13)9-12/h4,7-8,10,12,20H,5-6,9H2,1-3H3,(H2,18,19,21). The van der Waals surface area contributed by atoms with Crippen molar-refractivity contribution in [2.75, 3.05) is 0 Å². The van der Waals surface area contributed by atoms with E-state index < -0.39 is 0 Å². The Hall–Kier alpha value is -1.97. The fourth-order valence-corrected chi connectivity index (χ4v) is 3.16. The van der Waals surface area contributed by atoms with Crippen molar-refractivity contribution in [2.45, 2.75) is 52.1 Å². The van der Waals surface area contributed by atoms with E-state index in [1.807, 2.05) is 13.8 Å². The van der Waals surface area contributed by atoms with Crippen molar-refractivity contribution in [1.29, 1.82) is 0 Å². The van der Waals surface area contributed by atoms with E-state index in [0.29, 0.717) is 0 Å². The van der Waals surface area contributed by atoms with Crippen molar-refractivity contribution in [2.24, 2.45) is 0 Å². The van der Waals surface area contributed by atoms with E-state index in [1.54, 1.807) is 0 Å². The molecule has 4 heteroatoms. The first kappa shape index (κ1) is 14.0. The Balaban J connectivity index is 1.77. The Bertz CT molecular complexity index is 672. The number of aryl methyl sites for hydroxylation is 2. The molecule has 0 spiro atoms. The number of nitrogens with one attached hydrogen (secondary N) is 3. The highest BCUT2D eigenvalue weighted by Crippen LogP contribution is 2.29. The largest absolute Gasteiger partial charge is 0.358 e. The van der Waals surface area contributed by atoms with Crippen LogP contribution in [-0.2, 0) is 12.8 Å². The molecule has 0 radical (unpaired) electrons. The monoisotopic (exact) mass is 285 g/mol. The second-order valence-electron chi connectivity index (χ2n) is 6.34. The molecule has 1 aliphatic rings. The average Bonchev–Trinajstić information content (AvgIpc) is 2.74. The number of carbonyl (C=O) groups is 1. The lowest BCUT2D eigenvalue weighted by Crippen LogP contribution is -2.46. The fourth-order valence-electron chi connectivity index (χ4n) is 3.16. The van der Waals surface area contributed by atoms with E-state index >= 15 is 0 Å². The van der Waals surface area contributed by atoms with E-state index in [2.05, 4.69) is 40.7 Å². The number of amides is 2. The molecule has 2 aromatic rings. The maximum atomic E-state index is 11.8. The van der Waals surface area contributed by atoms with E-state index in [0.717, 1.165) is 19.3 Å². The number of hydrogen-bond donors (Lipinski definition) is 3. The summed E-state index contributed by atoms with van der Waals surface area (Å²) in [6.45, 7) is 6.07. The minimum atomic E-state index is -0.0644. The van der Waals surface area contributed by atoms with Gasteiger partial charge in [0.15, 0.2) is 0 Å². The molecule has 21 heavy (non-hydrogen) atoms. The van der Waals surface area contributed by atoms with Crippen molar-refractivity contribution in [3.8, 4) is 0 Å². The van der Waals surface area contributed by atoms with E-state index in [9.17, 15) is 4.79 Å². The topological polar surface area (TPSA) is 56.9 Å². The molecule has 3 rings (SSSR count). The van der Waals surface area contributed by atoms with Crippen molar-refractivity contribution in [3.05, 3.63) is 35.0 Å². The highest BCUT2D eigenvalue weighted by molar-refractivity contribution is 5.85. The van der Waals surface area contributed by atoms with Crippen molar-refractivity contribution in [1.82, 2.24) is 15.6 Å². The maximum Gasteiger partial charge on any atom is 0.315 e. The zero-order valence-electron chi connectivity index (χ0n) is 12.9. The van der Waals surface area contributed by atoms with Crippen LogP contribution in [0.2, 0.25) is 0 Å². The van der Waals surface area contributed by atoms with E-state index in [1.165, 1.54) is 27.7 Å². The minimum Gasteiger partial charge on any atom is -0.358 e. The van der Waals surface area contributed by atoms with Gasteiger partial charge in [0, 0.05) is 35.1 Å². The molecule has 0 saturated carbocycles. The summed E-state index contributed by atoms with van der Waals surface area (Å²) in [5, 5.41) is 7.31. The van der Waals surface area contributed by atoms with Crippen LogP contribution < -0.4 is 10.6 Å². The summed E-state index contributed by atoms with van der Waals surface area (Å²) in [7, 11) is 0. The number of rotatable bonds is 2. The highest BCUT2D eigenvalue weighted by Gasteiger charge is 2.23. The molecular formula is C17H23N3O. The van der Waals surface area contributed by atoms with Gasteiger partial charge in [0.05, 0.1) is 0 Å². The first-order valence-corrected chi connectivity index (χ1v) is 7.70. The van der Waals surface area contributed by atoms with Crippen LogP contribution in [0.1, 0.15) is 37.1 Å². The minimum absolute atomic E-state index is 0.0644. The first-order chi connectivity index (χ1) is 10.0. The third-order valence-corrected chi connectivity index (χ3v) is 4.10. The average molecular weight is 285 g/mol. The number of aromatic nitrogens is 1. The van der Waals surface area contributed by atoms with Gasteiger partial charge in [-0.15, -0.1) is 0 Å². The summed E-state index contributed by atoms with van der Waals surface area (Å²) < 4.78 is 0. The van der Waals surface area contributed by atoms with Gasteiger partial charge in [0.25, 0.3) is 0 Å². The Labute approximate surface area is 125 Å². The van der Waals surface area contributed by atoms with Crippen LogP contribution in [-0.4, -0.2) is 23.1 Å². The fraction of sp³-hybridized carbons (Fsp3) is 0.471.